The normalized spacial score (nSPS) is 28.5. The number of carbonyl (C=O) groups excluding carboxylic acids is 2. The van der Waals surface area contributed by atoms with Gasteiger partial charge in [0.15, 0.2) is 0 Å². The van der Waals surface area contributed by atoms with Gasteiger partial charge < -0.3 is 15.1 Å². The number of nitrogens with one attached hydrogen (secondary N) is 1. The SMILES string of the molecule is Cl.O=C(C1CCN(c2cccc(Cl)c2)C1=O)N1CC[C@@H]2CNC[C@@H]2CC1. The van der Waals surface area contributed by atoms with E-state index in [0.29, 0.717) is 29.8 Å². The summed E-state index contributed by atoms with van der Waals surface area (Å²) >= 11 is 6.04. The molecule has 0 aromatic heterocycles. The van der Waals surface area contributed by atoms with Crippen LogP contribution in [0.25, 0.3) is 0 Å². The van der Waals surface area contributed by atoms with E-state index in [4.69, 9.17) is 11.6 Å². The molecule has 26 heavy (non-hydrogen) atoms. The maximum Gasteiger partial charge on any atom is 0.239 e. The molecule has 3 heterocycles. The smallest absolute Gasteiger partial charge is 0.239 e. The Morgan fingerprint density at radius 3 is 2.42 bits per heavy atom. The Balaban J connectivity index is 0.00000196. The van der Waals surface area contributed by atoms with Gasteiger partial charge in [-0.3, -0.25) is 9.59 Å². The van der Waals surface area contributed by atoms with Gasteiger partial charge in [0.25, 0.3) is 0 Å². The van der Waals surface area contributed by atoms with Crippen molar-refractivity contribution in [2.45, 2.75) is 19.3 Å². The van der Waals surface area contributed by atoms with Gasteiger partial charge in [-0.1, -0.05) is 17.7 Å². The maximum absolute atomic E-state index is 13.0. The van der Waals surface area contributed by atoms with Crippen molar-refractivity contribution in [2.24, 2.45) is 17.8 Å². The highest BCUT2D eigenvalue weighted by atomic mass is 35.5. The van der Waals surface area contributed by atoms with Crippen molar-refractivity contribution in [1.29, 1.82) is 0 Å². The first kappa shape index (κ1) is 19.5. The molecule has 3 aliphatic rings. The molecule has 4 rings (SSSR count). The number of likely N-dealkylation sites (tertiary alicyclic amines) is 1. The van der Waals surface area contributed by atoms with Crippen LogP contribution in [0.2, 0.25) is 5.02 Å². The Kier molecular flexibility index (Phi) is 6.10. The molecule has 1 N–H and O–H groups in total. The molecule has 1 aromatic carbocycles. The highest BCUT2D eigenvalue weighted by molar-refractivity contribution is 6.31. The third-order valence-electron chi connectivity index (χ3n) is 5.95. The van der Waals surface area contributed by atoms with E-state index in [1.54, 1.807) is 17.0 Å². The zero-order valence-electron chi connectivity index (χ0n) is 14.7. The van der Waals surface area contributed by atoms with E-state index in [1.807, 2.05) is 17.0 Å². The fourth-order valence-corrected chi connectivity index (χ4v) is 4.65. The molecule has 0 aliphatic carbocycles. The maximum atomic E-state index is 13.0. The third-order valence-corrected chi connectivity index (χ3v) is 6.19. The van der Waals surface area contributed by atoms with Gasteiger partial charge in [-0.15, -0.1) is 12.4 Å². The number of fused-ring (bicyclic) bond motifs is 1. The summed E-state index contributed by atoms with van der Waals surface area (Å²) in [7, 11) is 0. The van der Waals surface area contributed by atoms with Crippen molar-refractivity contribution in [2.75, 3.05) is 37.6 Å². The van der Waals surface area contributed by atoms with Crippen molar-refractivity contribution in [3.63, 3.8) is 0 Å². The second kappa shape index (κ2) is 8.15. The number of hydrogen-bond acceptors (Lipinski definition) is 3. The Hall–Kier alpha value is -1.30. The molecule has 0 saturated carbocycles. The van der Waals surface area contributed by atoms with Crippen molar-refractivity contribution in [3.05, 3.63) is 29.3 Å². The summed E-state index contributed by atoms with van der Waals surface area (Å²) in [5, 5.41) is 4.06. The minimum Gasteiger partial charge on any atom is -0.342 e. The van der Waals surface area contributed by atoms with Crippen LogP contribution in [-0.2, 0) is 9.59 Å². The van der Waals surface area contributed by atoms with Crippen LogP contribution in [0.15, 0.2) is 24.3 Å². The number of amides is 2. The lowest BCUT2D eigenvalue weighted by molar-refractivity contribution is -0.139. The van der Waals surface area contributed by atoms with Gasteiger partial charge in [0.1, 0.15) is 5.92 Å². The summed E-state index contributed by atoms with van der Waals surface area (Å²) in [6.07, 6.45) is 2.68. The van der Waals surface area contributed by atoms with Crippen LogP contribution < -0.4 is 10.2 Å². The second-order valence-corrected chi connectivity index (χ2v) is 7.83. The first-order valence-corrected chi connectivity index (χ1v) is 9.58. The van der Waals surface area contributed by atoms with E-state index in [1.165, 1.54) is 0 Å². The van der Waals surface area contributed by atoms with E-state index in [-0.39, 0.29) is 24.2 Å². The van der Waals surface area contributed by atoms with Crippen molar-refractivity contribution >= 4 is 41.5 Å². The molecular formula is C19H25Cl2N3O2. The summed E-state index contributed by atoms with van der Waals surface area (Å²) in [6, 6.07) is 7.28. The summed E-state index contributed by atoms with van der Waals surface area (Å²) < 4.78 is 0. The molecule has 142 valence electrons. The van der Waals surface area contributed by atoms with Crippen molar-refractivity contribution in [3.8, 4) is 0 Å². The van der Waals surface area contributed by atoms with Crippen LogP contribution in [0.3, 0.4) is 0 Å². The Morgan fingerprint density at radius 1 is 1.08 bits per heavy atom. The topological polar surface area (TPSA) is 52.7 Å². The van der Waals surface area contributed by atoms with Gasteiger partial charge in [-0.05, 0) is 62.4 Å². The molecular weight excluding hydrogens is 373 g/mol. The second-order valence-electron chi connectivity index (χ2n) is 7.39. The van der Waals surface area contributed by atoms with Gasteiger partial charge in [0.05, 0.1) is 0 Å². The zero-order valence-corrected chi connectivity index (χ0v) is 16.3. The van der Waals surface area contributed by atoms with Gasteiger partial charge in [-0.25, -0.2) is 0 Å². The van der Waals surface area contributed by atoms with Gasteiger partial charge >= 0.3 is 0 Å². The van der Waals surface area contributed by atoms with Crippen LogP contribution in [0, 0.1) is 17.8 Å². The summed E-state index contributed by atoms with van der Waals surface area (Å²) in [6.45, 7) is 4.28. The molecule has 2 amide bonds. The lowest BCUT2D eigenvalue weighted by Crippen LogP contribution is -2.41. The van der Waals surface area contributed by atoms with Crippen LogP contribution in [0.1, 0.15) is 19.3 Å². The number of nitrogens with zero attached hydrogens (tertiary/aromatic N) is 2. The highest BCUT2D eigenvalue weighted by Gasteiger charge is 2.41. The predicted molar refractivity (Wildman–Crippen MR) is 105 cm³/mol. The summed E-state index contributed by atoms with van der Waals surface area (Å²) in [4.78, 5) is 29.4. The average molecular weight is 398 g/mol. The molecule has 3 atom stereocenters. The number of carbonyl (C=O) groups is 2. The highest BCUT2D eigenvalue weighted by Crippen LogP contribution is 2.31. The standard InChI is InChI=1S/C19H24ClN3O2.ClH/c20-15-2-1-3-16(10-15)23-9-6-17(19(23)25)18(24)22-7-4-13-11-21-12-14(13)5-8-22;/h1-3,10,13-14,17,21H,4-9,11-12H2;1H/t13-,14+,17?;. The minimum absolute atomic E-state index is 0. The van der Waals surface area contributed by atoms with Crippen LogP contribution in [-0.4, -0.2) is 49.4 Å². The predicted octanol–water partition coefficient (Wildman–Crippen LogP) is 2.57. The van der Waals surface area contributed by atoms with Crippen LogP contribution in [0.4, 0.5) is 5.69 Å². The fourth-order valence-electron chi connectivity index (χ4n) is 4.47. The Bertz CT molecular complexity index is 671. The summed E-state index contributed by atoms with van der Waals surface area (Å²) in [5.41, 5.74) is 0.782. The largest absolute Gasteiger partial charge is 0.342 e. The van der Waals surface area contributed by atoms with Crippen LogP contribution >= 0.6 is 24.0 Å². The fraction of sp³-hybridized carbons (Fsp3) is 0.579. The van der Waals surface area contributed by atoms with E-state index in [0.717, 1.165) is 44.7 Å². The van der Waals surface area contributed by atoms with Crippen molar-refractivity contribution in [1.82, 2.24) is 10.2 Å². The third kappa shape index (κ3) is 3.71. The number of anilines is 1. The van der Waals surface area contributed by atoms with Crippen molar-refractivity contribution < 1.29 is 9.59 Å². The first-order valence-electron chi connectivity index (χ1n) is 9.20. The monoisotopic (exact) mass is 397 g/mol. The van der Waals surface area contributed by atoms with Gasteiger partial charge in [0.2, 0.25) is 11.8 Å². The molecule has 3 fully saturated rings. The Morgan fingerprint density at radius 2 is 1.77 bits per heavy atom. The van der Waals surface area contributed by atoms with E-state index in [9.17, 15) is 9.59 Å². The molecule has 5 nitrogen and oxygen atoms in total. The zero-order chi connectivity index (χ0) is 17.4. The van der Waals surface area contributed by atoms with Crippen LogP contribution in [0.5, 0.6) is 0 Å². The molecule has 0 radical (unpaired) electrons. The first-order chi connectivity index (χ1) is 12.1. The number of halogens is 2. The van der Waals surface area contributed by atoms with E-state index < -0.39 is 5.92 Å². The van der Waals surface area contributed by atoms with E-state index in [2.05, 4.69) is 5.32 Å². The Labute approximate surface area is 165 Å². The molecule has 3 aliphatic heterocycles. The average Bonchev–Trinajstić information content (AvgIpc) is 3.16. The number of rotatable bonds is 2. The molecule has 7 heteroatoms. The molecule has 1 aromatic rings. The lowest BCUT2D eigenvalue weighted by atomic mass is 9.92. The lowest BCUT2D eigenvalue weighted by Gasteiger charge is -2.24. The molecule has 3 saturated heterocycles. The minimum atomic E-state index is -0.532. The number of benzene rings is 1. The molecule has 0 bridgehead atoms. The quantitative estimate of drug-likeness (QED) is 0.780. The molecule has 0 spiro atoms. The van der Waals surface area contributed by atoms with E-state index >= 15 is 0 Å². The summed E-state index contributed by atoms with van der Waals surface area (Å²) in [5.74, 6) is 0.760. The molecule has 1 unspecified atom stereocenters. The van der Waals surface area contributed by atoms with Gasteiger partial charge in [-0.2, -0.15) is 0 Å². The number of hydrogen-bond donors (Lipinski definition) is 1. The van der Waals surface area contributed by atoms with Gasteiger partial charge in [0, 0.05) is 30.3 Å².